The summed E-state index contributed by atoms with van der Waals surface area (Å²) in [5.41, 5.74) is 0. The predicted octanol–water partition coefficient (Wildman–Crippen LogP) is 3.96. The zero-order chi connectivity index (χ0) is 18.7. The predicted molar refractivity (Wildman–Crippen MR) is 117 cm³/mol. The molecule has 4 nitrogen and oxygen atoms in total. The second kappa shape index (κ2) is 12.0. The van der Waals surface area contributed by atoms with Crippen LogP contribution < -0.4 is 5.32 Å². The second-order valence-electron chi connectivity index (χ2n) is 8.54. The average molecular weight is 394 g/mol. The Balaban J connectivity index is 1.49. The van der Waals surface area contributed by atoms with Crippen LogP contribution in [0, 0.1) is 5.92 Å². The van der Waals surface area contributed by atoms with Crippen LogP contribution in [0.1, 0.15) is 64.2 Å². The van der Waals surface area contributed by atoms with Crippen molar-refractivity contribution >= 4 is 17.3 Å². The van der Waals surface area contributed by atoms with Crippen molar-refractivity contribution in [1.82, 2.24) is 15.1 Å². The third kappa shape index (κ3) is 7.71. The molecule has 2 aliphatic carbocycles. The molecule has 2 fully saturated rings. The SMILES string of the molecule is S=C(NC1CCCCCC1)N(CCCN1CCOCC1)CC1CC=CCC1. The highest BCUT2D eigenvalue weighted by Gasteiger charge is 2.20. The van der Waals surface area contributed by atoms with Crippen LogP contribution in [0.5, 0.6) is 0 Å². The van der Waals surface area contributed by atoms with Crippen molar-refractivity contribution in [3.63, 3.8) is 0 Å². The van der Waals surface area contributed by atoms with Gasteiger partial charge in [-0.05, 0) is 56.7 Å². The molecule has 0 aromatic rings. The first-order valence-electron chi connectivity index (χ1n) is 11.3. The summed E-state index contributed by atoms with van der Waals surface area (Å²) >= 11 is 5.90. The van der Waals surface area contributed by atoms with Crippen LogP contribution in [-0.2, 0) is 4.74 Å². The maximum absolute atomic E-state index is 5.90. The van der Waals surface area contributed by atoms with Crippen molar-refractivity contribution in [2.24, 2.45) is 5.92 Å². The van der Waals surface area contributed by atoms with Crippen LogP contribution in [0.15, 0.2) is 12.2 Å². The molecule has 1 unspecified atom stereocenters. The van der Waals surface area contributed by atoms with Gasteiger partial charge in [0.05, 0.1) is 13.2 Å². The van der Waals surface area contributed by atoms with E-state index in [0.29, 0.717) is 6.04 Å². The van der Waals surface area contributed by atoms with Gasteiger partial charge in [0.15, 0.2) is 5.11 Å². The summed E-state index contributed by atoms with van der Waals surface area (Å²) in [4.78, 5) is 5.03. The summed E-state index contributed by atoms with van der Waals surface area (Å²) in [7, 11) is 0. The number of rotatable bonds is 7. The van der Waals surface area contributed by atoms with Gasteiger partial charge >= 0.3 is 0 Å². The minimum Gasteiger partial charge on any atom is -0.379 e. The van der Waals surface area contributed by atoms with Crippen LogP contribution in [0.2, 0.25) is 0 Å². The van der Waals surface area contributed by atoms with E-state index in [0.717, 1.165) is 57.0 Å². The lowest BCUT2D eigenvalue weighted by Crippen LogP contribution is -2.47. The van der Waals surface area contributed by atoms with E-state index < -0.39 is 0 Å². The molecule has 154 valence electrons. The van der Waals surface area contributed by atoms with Gasteiger partial charge in [0, 0.05) is 38.8 Å². The van der Waals surface area contributed by atoms with E-state index in [9.17, 15) is 0 Å². The molecule has 1 saturated heterocycles. The molecule has 1 saturated carbocycles. The Kier molecular flexibility index (Phi) is 9.39. The molecule has 5 heteroatoms. The quantitative estimate of drug-likeness (QED) is 0.401. The third-order valence-electron chi connectivity index (χ3n) is 6.33. The molecular weight excluding hydrogens is 354 g/mol. The number of ether oxygens (including phenoxy) is 1. The summed E-state index contributed by atoms with van der Waals surface area (Å²) in [6.45, 7) is 7.30. The van der Waals surface area contributed by atoms with E-state index in [2.05, 4.69) is 27.3 Å². The van der Waals surface area contributed by atoms with Crippen LogP contribution in [0.4, 0.5) is 0 Å². The Morgan fingerprint density at radius 1 is 1.07 bits per heavy atom. The largest absolute Gasteiger partial charge is 0.379 e. The maximum atomic E-state index is 5.90. The molecule has 1 heterocycles. The molecule has 0 aromatic carbocycles. The van der Waals surface area contributed by atoms with E-state index in [-0.39, 0.29) is 0 Å². The highest BCUT2D eigenvalue weighted by atomic mass is 32.1. The van der Waals surface area contributed by atoms with E-state index in [1.165, 1.54) is 64.2 Å². The molecule has 1 N–H and O–H groups in total. The maximum Gasteiger partial charge on any atom is 0.169 e. The summed E-state index contributed by atoms with van der Waals surface area (Å²) in [5.74, 6) is 0.757. The molecule has 0 radical (unpaired) electrons. The van der Waals surface area contributed by atoms with Crippen molar-refractivity contribution in [1.29, 1.82) is 0 Å². The number of thiocarbonyl (C=S) groups is 1. The normalized spacial score (nSPS) is 25.1. The van der Waals surface area contributed by atoms with Gasteiger partial charge in [-0.3, -0.25) is 4.90 Å². The smallest absolute Gasteiger partial charge is 0.169 e. The van der Waals surface area contributed by atoms with E-state index in [4.69, 9.17) is 17.0 Å². The zero-order valence-corrected chi connectivity index (χ0v) is 17.9. The number of nitrogens with one attached hydrogen (secondary N) is 1. The summed E-state index contributed by atoms with van der Waals surface area (Å²) in [6.07, 6.45) is 17.7. The molecule has 27 heavy (non-hydrogen) atoms. The van der Waals surface area contributed by atoms with Gasteiger partial charge < -0.3 is 15.0 Å². The van der Waals surface area contributed by atoms with E-state index in [1.807, 2.05) is 0 Å². The molecule has 0 amide bonds. The summed E-state index contributed by atoms with van der Waals surface area (Å²) in [5, 5.41) is 4.76. The van der Waals surface area contributed by atoms with Gasteiger partial charge in [-0.15, -0.1) is 0 Å². The fraction of sp³-hybridized carbons (Fsp3) is 0.864. The number of hydrogen-bond donors (Lipinski definition) is 1. The van der Waals surface area contributed by atoms with Gasteiger partial charge in [0.2, 0.25) is 0 Å². The Bertz CT molecular complexity index is 456. The fourth-order valence-corrected chi connectivity index (χ4v) is 4.94. The average Bonchev–Trinajstić information content (AvgIpc) is 2.97. The molecule has 1 aliphatic heterocycles. The fourth-order valence-electron chi connectivity index (χ4n) is 4.61. The van der Waals surface area contributed by atoms with Crippen molar-refractivity contribution in [2.45, 2.75) is 70.3 Å². The first-order chi connectivity index (χ1) is 13.3. The number of hydrogen-bond acceptors (Lipinski definition) is 3. The lowest BCUT2D eigenvalue weighted by Gasteiger charge is -2.33. The van der Waals surface area contributed by atoms with Crippen molar-refractivity contribution in [3.8, 4) is 0 Å². The zero-order valence-electron chi connectivity index (χ0n) is 17.0. The molecule has 1 atom stereocenters. The van der Waals surface area contributed by atoms with E-state index in [1.54, 1.807) is 0 Å². The minimum atomic E-state index is 0.591. The van der Waals surface area contributed by atoms with Gasteiger partial charge in [-0.1, -0.05) is 37.8 Å². The number of nitrogens with zero attached hydrogens (tertiary/aromatic N) is 2. The van der Waals surface area contributed by atoms with Crippen molar-refractivity contribution < 1.29 is 4.74 Å². The van der Waals surface area contributed by atoms with Crippen LogP contribution in [0.25, 0.3) is 0 Å². The molecule has 3 aliphatic rings. The highest BCUT2D eigenvalue weighted by molar-refractivity contribution is 7.80. The van der Waals surface area contributed by atoms with Gasteiger partial charge in [0.1, 0.15) is 0 Å². The molecular formula is C22H39N3OS. The summed E-state index contributed by atoms with van der Waals surface area (Å²) in [6, 6.07) is 0.591. The lowest BCUT2D eigenvalue weighted by atomic mass is 9.94. The summed E-state index contributed by atoms with van der Waals surface area (Å²) < 4.78 is 5.47. The van der Waals surface area contributed by atoms with Crippen molar-refractivity contribution in [3.05, 3.63) is 12.2 Å². The first-order valence-corrected chi connectivity index (χ1v) is 11.7. The van der Waals surface area contributed by atoms with Crippen LogP contribution in [-0.4, -0.2) is 66.9 Å². The molecule has 0 aromatic heterocycles. The molecule has 3 rings (SSSR count). The van der Waals surface area contributed by atoms with Crippen LogP contribution in [0.3, 0.4) is 0 Å². The first kappa shape index (κ1) is 21.1. The number of morpholine rings is 1. The highest BCUT2D eigenvalue weighted by Crippen LogP contribution is 2.21. The molecule has 0 bridgehead atoms. The Morgan fingerprint density at radius 2 is 1.85 bits per heavy atom. The standard InChI is InChI=1S/C22H39N3OS/c27-22(23-21-11-6-1-2-7-12-21)25(19-20-9-4-3-5-10-20)14-8-13-24-15-17-26-18-16-24/h3-4,20-21H,1-2,5-19H2,(H,23,27). The lowest BCUT2D eigenvalue weighted by molar-refractivity contribution is 0.0367. The minimum absolute atomic E-state index is 0.591. The topological polar surface area (TPSA) is 27.7 Å². The Morgan fingerprint density at radius 3 is 2.56 bits per heavy atom. The van der Waals surface area contributed by atoms with Crippen LogP contribution >= 0.6 is 12.2 Å². The van der Waals surface area contributed by atoms with Gasteiger partial charge in [0.25, 0.3) is 0 Å². The Hall–Kier alpha value is -0.650. The Labute approximate surface area is 171 Å². The van der Waals surface area contributed by atoms with Gasteiger partial charge in [-0.2, -0.15) is 0 Å². The molecule has 0 spiro atoms. The second-order valence-corrected chi connectivity index (χ2v) is 8.93. The van der Waals surface area contributed by atoms with E-state index >= 15 is 0 Å². The monoisotopic (exact) mass is 393 g/mol. The van der Waals surface area contributed by atoms with Crippen molar-refractivity contribution in [2.75, 3.05) is 45.9 Å². The third-order valence-corrected chi connectivity index (χ3v) is 6.71. The van der Waals surface area contributed by atoms with Gasteiger partial charge in [-0.25, -0.2) is 0 Å². The number of allylic oxidation sites excluding steroid dienone is 2.